The van der Waals surface area contributed by atoms with Gasteiger partial charge in [-0.05, 0) is 49.0 Å². The molecule has 22 heavy (non-hydrogen) atoms. The minimum atomic E-state index is -0.366. The van der Waals surface area contributed by atoms with Crippen LogP contribution in [-0.4, -0.2) is 42.3 Å². The zero-order valence-corrected chi connectivity index (χ0v) is 13.3. The smallest absolute Gasteiger partial charge is 0.317 e. The van der Waals surface area contributed by atoms with Gasteiger partial charge in [-0.3, -0.25) is 0 Å². The Morgan fingerprint density at radius 1 is 1.36 bits per heavy atom. The van der Waals surface area contributed by atoms with E-state index in [0.717, 1.165) is 25.8 Å². The Morgan fingerprint density at radius 3 is 2.64 bits per heavy atom. The summed E-state index contributed by atoms with van der Waals surface area (Å²) < 4.78 is 0. The van der Waals surface area contributed by atoms with Gasteiger partial charge in [-0.15, -0.1) is 0 Å². The Balaban J connectivity index is 1.44. The maximum atomic E-state index is 12.2. The van der Waals surface area contributed by atoms with Gasteiger partial charge in [-0.2, -0.15) is 0 Å². The minimum Gasteiger partial charge on any atom is -0.391 e. The largest absolute Gasteiger partial charge is 0.391 e. The summed E-state index contributed by atoms with van der Waals surface area (Å²) >= 11 is 0. The Bertz CT molecular complexity index is 509. The molecule has 1 aromatic carbocycles. The van der Waals surface area contributed by atoms with Crippen molar-refractivity contribution in [2.75, 3.05) is 20.1 Å². The van der Waals surface area contributed by atoms with Gasteiger partial charge in [0.05, 0.1) is 6.10 Å². The van der Waals surface area contributed by atoms with Crippen molar-refractivity contribution in [2.45, 2.75) is 38.2 Å². The van der Waals surface area contributed by atoms with Gasteiger partial charge in [0.1, 0.15) is 0 Å². The van der Waals surface area contributed by atoms with Gasteiger partial charge in [-0.1, -0.05) is 30.3 Å². The maximum absolute atomic E-state index is 12.2. The number of amides is 2. The fraction of sp³-hybridized carbons (Fsp3) is 0.611. The first-order valence-corrected chi connectivity index (χ1v) is 8.29. The summed E-state index contributed by atoms with van der Waals surface area (Å²) in [5, 5.41) is 13.0. The van der Waals surface area contributed by atoms with Crippen LogP contribution in [0.5, 0.6) is 0 Å². The lowest BCUT2D eigenvalue weighted by Gasteiger charge is -2.23. The summed E-state index contributed by atoms with van der Waals surface area (Å²) in [5.41, 5.74) is 1.58. The molecule has 0 saturated heterocycles. The SMILES string of the molecule is CN(CC(O)C1CC1)C(=O)NCC1(Cc2ccccc2)CC1. The first-order chi connectivity index (χ1) is 10.6. The molecule has 0 aromatic heterocycles. The topological polar surface area (TPSA) is 52.6 Å². The zero-order chi connectivity index (χ0) is 15.6. The van der Waals surface area contributed by atoms with Gasteiger partial charge >= 0.3 is 6.03 Å². The van der Waals surface area contributed by atoms with E-state index in [9.17, 15) is 9.90 Å². The first-order valence-electron chi connectivity index (χ1n) is 8.29. The Morgan fingerprint density at radius 2 is 2.05 bits per heavy atom. The fourth-order valence-electron chi connectivity index (χ4n) is 3.01. The predicted molar refractivity (Wildman–Crippen MR) is 86.6 cm³/mol. The van der Waals surface area contributed by atoms with Crippen LogP contribution in [0.2, 0.25) is 0 Å². The first kappa shape index (κ1) is 15.3. The van der Waals surface area contributed by atoms with Crippen LogP contribution < -0.4 is 5.32 Å². The van der Waals surface area contributed by atoms with Gasteiger partial charge in [0.25, 0.3) is 0 Å². The number of hydrogen-bond acceptors (Lipinski definition) is 2. The van der Waals surface area contributed by atoms with Gasteiger partial charge in [0.2, 0.25) is 0 Å². The van der Waals surface area contributed by atoms with E-state index in [0.29, 0.717) is 12.5 Å². The summed E-state index contributed by atoms with van der Waals surface area (Å²) in [4.78, 5) is 13.8. The molecule has 0 aliphatic heterocycles. The maximum Gasteiger partial charge on any atom is 0.317 e. The molecule has 3 rings (SSSR count). The highest BCUT2D eigenvalue weighted by atomic mass is 16.3. The van der Waals surface area contributed by atoms with E-state index in [1.165, 1.54) is 18.4 Å². The van der Waals surface area contributed by atoms with Gasteiger partial charge in [0, 0.05) is 20.1 Å². The van der Waals surface area contributed by atoms with Crippen molar-refractivity contribution in [3.05, 3.63) is 35.9 Å². The Kier molecular flexibility index (Phi) is 4.39. The van der Waals surface area contributed by atoms with E-state index in [4.69, 9.17) is 0 Å². The molecule has 1 aromatic rings. The van der Waals surface area contributed by atoms with Crippen LogP contribution >= 0.6 is 0 Å². The van der Waals surface area contributed by atoms with Crippen LogP contribution in [0.25, 0.3) is 0 Å². The van der Waals surface area contributed by atoms with Crippen LogP contribution in [0.15, 0.2) is 30.3 Å². The second kappa shape index (κ2) is 6.29. The molecule has 0 spiro atoms. The monoisotopic (exact) mass is 302 g/mol. The molecule has 120 valence electrons. The lowest BCUT2D eigenvalue weighted by atomic mass is 9.96. The van der Waals surface area contributed by atoms with Crippen LogP contribution in [0, 0.1) is 11.3 Å². The van der Waals surface area contributed by atoms with E-state index in [2.05, 4.69) is 29.6 Å². The molecule has 4 nitrogen and oxygen atoms in total. The summed E-state index contributed by atoms with van der Waals surface area (Å²) in [6.07, 6.45) is 5.21. The summed E-state index contributed by atoms with van der Waals surface area (Å²) in [6.45, 7) is 1.16. The highest BCUT2D eigenvalue weighted by Crippen LogP contribution is 2.47. The van der Waals surface area contributed by atoms with Crippen molar-refractivity contribution in [1.82, 2.24) is 10.2 Å². The molecule has 1 unspecified atom stereocenters. The number of urea groups is 1. The van der Waals surface area contributed by atoms with E-state index in [1.807, 2.05) is 6.07 Å². The van der Waals surface area contributed by atoms with E-state index in [-0.39, 0.29) is 17.6 Å². The normalized spacial score (nSPS) is 20.3. The van der Waals surface area contributed by atoms with Crippen molar-refractivity contribution in [3.63, 3.8) is 0 Å². The molecule has 2 saturated carbocycles. The van der Waals surface area contributed by atoms with Crippen LogP contribution in [0.4, 0.5) is 4.79 Å². The lowest BCUT2D eigenvalue weighted by Crippen LogP contribution is -2.43. The van der Waals surface area contributed by atoms with Crippen molar-refractivity contribution in [1.29, 1.82) is 0 Å². The van der Waals surface area contributed by atoms with Gasteiger partial charge in [-0.25, -0.2) is 4.79 Å². The van der Waals surface area contributed by atoms with E-state index < -0.39 is 0 Å². The molecule has 4 heteroatoms. The van der Waals surface area contributed by atoms with Crippen LogP contribution in [-0.2, 0) is 6.42 Å². The summed E-state index contributed by atoms with van der Waals surface area (Å²) in [7, 11) is 1.76. The highest BCUT2D eigenvalue weighted by molar-refractivity contribution is 5.74. The average Bonchev–Trinajstić information content (AvgIpc) is 3.41. The summed E-state index contributed by atoms with van der Waals surface area (Å²) in [6, 6.07) is 10.4. The Labute approximate surface area is 132 Å². The average molecular weight is 302 g/mol. The third-order valence-corrected chi connectivity index (χ3v) is 4.97. The molecular weight excluding hydrogens is 276 g/mol. The summed E-state index contributed by atoms with van der Waals surface area (Å²) in [5.74, 6) is 0.406. The van der Waals surface area contributed by atoms with Crippen molar-refractivity contribution >= 4 is 6.03 Å². The fourth-order valence-corrected chi connectivity index (χ4v) is 3.01. The second-order valence-corrected chi connectivity index (χ2v) is 7.11. The lowest BCUT2D eigenvalue weighted by molar-refractivity contribution is 0.113. The number of aliphatic hydroxyl groups excluding tert-OH is 1. The van der Waals surface area contributed by atoms with E-state index in [1.54, 1.807) is 11.9 Å². The molecular formula is C18H26N2O2. The third kappa shape index (κ3) is 4.01. The quantitative estimate of drug-likeness (QED) is 0.813. The van der Waals surface area contributed by atoms with E-state index >= 15 is 0 Å². The number of benzene rings is 1. The number of aliphatic hydroxyl groups is 1. The number of nitrogens with zero attached hydrogens (tertiary/aromatic N) is 1. The molecule has 2 N–H and O–H groups in total. The predicted octanol–water partition coefficient (Wildman–Crippen LogP) is 2.42. The molecule has 2 amide bonds. The van der Waals surface area contributed by atoms with Gasteiger partial charge in [0.15, 0.2) is 0 Å². The third-order valence-electron chi connectivity index (χ3n) is 4.97. The molecule has 2 fully saturated rings. The molecule has 0 heterocycles. The number of carbonyl (C=O) groups is 1. The Hall–Kier alpha value is -1.55. The van der Waals surface area contributed by atoms with Crippen molar-refractivity contribution in [2.24, 2.45) is 11.3 Å². The molecule has 1 atom stereocenters. The number of hydrogen-bond donors (Lipinski definition) is 2. The van der Waals surface area contributed by atoms with Crippen molar-refractivity contribution in [3.8, 4) is 0 Å². The molecule has 0 bridgehead atoms. The second-order valence-electron chi connectivity index (χ2n) is 7.11. The minimum absolute atomic E-state index is 0.0703. The number of rotatable bonds is 7. The standard InChI is InChI=1S/C18H26N2O2/c1-20(12-16(21)15-7-8-15)17(22)19-13-18(9-10-18)11-14-5-3-2-4-6-14/h2-6,15-16,21H,7-13H2,1H3,(H,19,22). The molecule has 0 radical (unpaired) electrons. The van der Waals surface area contributed by atoms with Crippen LogP contribution in [0.1, 0.15) is 31.2 Å². The van der Waals surface area contributed by atoms with Gasteiger partial charge < -0.3 is 15.3 Å². The highest BCUT2D eigenvalue weighted by Gasteiger charge is 2.42. The zero-order valence-electron chi connectivity index (χ0n) is 13.3. The molecule has 2 aliphatic carbocycles. The van der Waals surface area contributed by atoms with Crippen LogP contribution in [0.3, 0.4) is 0 Å². The number of carbonyl (C=O) groups excluding carboxylic acids is 1. The molecule has 2 aliphatic rings. The van der Waals surface area contributed by atoms with Crippen molar-refractivity contribution < 1.29 is 9.90 Å². The number of likely N-dealkylation sites (N-methyl/N-ethyl adjacent to an activating group) is 1. The number of nitrogens with one attached hydrogen (secondary N) is 1.